The van der Waals surface area contributed by atoms with E-state index in [9.17, 15) is 4.39 Å². The summed E-state index contributed by atoms with van der Waals surface area (Å²) in [6, 6.07) is 17.4. The summed E-state index contributed by atoms with van der Waals surface area (Å²) in [5, 5.41) is 6.67. The second-order valence-corrected chi connectivity index (χ2v) is 5.80. The van der Waals surface area contributed by atoms with Gasteiger partial charge in [-0.3, -0.25) is 0 Å². The molecule has 0 bridgehead atoms. The standard InChI is InChI=1S/C19H22FN3.HI/c1-2-21-19(22-13-14-8-4-3-5-9-14)23-18-12-16(18)15-10-6-7-11-17(15)20;/h3-11,16,18H,2,12-13H2,1H3,(H2,21,22,23);1H. The lowest BCUT2D eigenvalue weighted by atomic mass is 10.1. The number of nitrogens with zero attached hydrogens (tertiary/aromatic N) is 1. The monoisotopic (exact) mass is 439 g/mol. The highest BCUT2D eigenvalue weighted by Gasteiger charge is 2.40. The van der Waals surface area contributed by atoms with E-state index in [-0.39, 0.29) is 41.8 Å². The molecular formula is C19H23FIN3. The minimum Gasteiger partial charge on any atom is -0.357 e. The second kappa shape index (κ2) is 9.01. The Bertz CT molecular complexity index is 675. The second-order valence-electron chi connectivity index (χ2n) is 5.80. The Labute approximate surface area is 159 Å². The van der Waals surface area contributed by atoms with Crippen LogP contribution in [0.1, 0.15) is 30.4 Å². The summed E-state index contributed by atoms with van der Waals surface area (Å²) in [6.45, 7) is 3.48. The average molecular weight is 439 g/mol. The molecule has 0 saturated heterocycles. The topological polar surface area (TPSA) is 36.4 Å². The highest BCUT2D eigenvalue weighted by molar-refractivity contribution is 14.0. The van der Waals surface area contributed by atoms with Crippen molar-refractivity contribution in [2.24, 2.45) is 4.99 Å². The molecule has 0 heterocycles. The third kappa shape index (κ3) is 4.93. The predicted octanol–water partition coefficient (Wildman–Crippen LogP) is 4.05. The van der Waals surface area contributed by atoms with Gasteiger partial charge in [0.15, 0.2) is 5.96 Å². The van der Waals surface area contributed by atoms with E-state index in [1.165, 1.54) is 11.6 Å². The van der Waals surface area contributed by atoms with Crippen molar-refractivity contribution in [2.75, 3.05) is 6.54 Å². The van der Waals surface area contributed by atoms with Gasteiger partial charge in [-0.05, 0) is 30.5 Å². The fourth-order valence-electron chi connectivity index (χ4n) is 2.72. The van der Waals surface area contributed by atoms with Gasteiger partial charge in [0.05, 0.1) is 6.54 Å². The fraction of sp³-hybridized carbons (Fsp3) is 0.316. The molecular weight excluding hydrogens is 416 g/mol. The lowest BCUT2D eigenvalue weighted by Gasteiger charge is -2.11. The van der Waals surface area contributed by atoms with Gasteiger partial charge in [0.25, 0.3) is 0 Å². The Kier molecular flexibility index (Phi) is 7.02. The molecule has 1 saturated carbocycles. The number of hydrogen-bond donors (Lipinski definition) is 2. The molecule has 2 aromatic rings. The van der Waals surface area contributed by atoms with Crippen LogP contribution in [-0.4, -0.2) is 18.5 Å². The molecule has 5 heteroatoms. The summed E-state index contributed by atoms with van der Waals surface area (Å²) in [7, 11) is 0. The lowest BCUT2D eigenvalue weighted by molar-refractivity contribution is 0.607. The van der Waals surface area contributed by atoms with E-state index >= 15 is 0 Å². The number of halogens is 2. The Balaban J connectivity index is 0.00000208. The van der Waals surface area contributed by atoms with Gasteiger partial charge in [0.2, 0.25) is 0 Å². The summed E-state index contributed by atoms with van der Waals surface area (Å²) in [4.78, 5) is 4.62. The van der Waals surface area contributed by atoms with Crippen LogP contribution >= 0.6 is 24.0 Å². The van der Waals surface area contributed by atoms with Gasteiger partial charge in [-0.2, -0.15) is 0 Å². The highest BCUT2D eigenvalue weighted by Crippen LogP contribution is 2.41. The quantitative estimate of drug-likeness (QED) is 0.419. The first-order valence-electron chi connectivity index (χ1n) is 8.11. The molecule has 2 aromatic carbocycles. The molecule has 1 aliphatic carbocycles. The van der Waals surface area contributed by atoms with Gasteiger partial charge in [-0.15, -0.1) is 24.0 Å². The summed E-state index contributed by atoms with van der Waals surface area (Å²) >= 11 is 0. The Morgan fingerprint density at radius 2 is 1.83 bits per heavy atom. The molecule has 0 radical (unpaired) electrons. The molecule has 0 aromatic heterocycles. The Morgan fingerprint density at radius 1 is 1.12 bits per heavy atom. The predicted molar refractivity (Wildman–Crippen MR) is 107 cm³/mol. The van der Waals surface area contributed by atoms with Gasteiger partial charge in [0, 0.05) is 18.5 Å². The Hall–Kier alpha value is -1.63. The van der Waals surface area contributed by atoms with Crippen molar-refractivity contribution >= 4 is 29.9 Å². The first-order valence-corrected chi connectivity index (χ1v) is 8.11. The van der Waals surface area contributed by atoms with Crippen LogP contribution in [0.2, 0.25) is 0 Å². The van der Waals surface area contributed by atoms with Crippen molar-refractivity contribution in [2.45, 2.75) is 31.8 Å². The van der Waals surface area contributed by atoms with Crippen LogP contribution in [-0.2, 0) is 6.54 Å². The average Bonchev–Trinajstić information content (AvgIpc) is 3.33. The summed E-state index contributed by atoms with van der Waals surface area (Å²) in [5.41, 5.74) is 1.97. The zero-order chi connectivity index (χ0) is 16.1. The lowest BCUT2D eigenvalue weighted by Crippen LogP contribution is -2.39. The SMILES string of the molecule is CCNC(=NCc1ccccc1)NC1CC1c1ccccc1F.I. The van der Waals surface area contributed by atoms with E-state index in [2.05, 4.69) is 27.8 Å². The number of rotatable bonds is 5. The summed E-state index contributed by atoms with van der Waals surface area (Å²) in [5.74, 6) is 0.907. The van der Waals surface area contributed by atoms with E-state index in [0.29, 0.717) is 6.54 Å². The van der Waals surface area contributed by atoms with Crippen molar-refractivity contribution in [3.05, 3.63) is 71.5 Å². The largest absolute Gasteiger partial charge is 0.357 e. The van der Waals surface area contributed by atoms with Gasteiger partial charge >= 0.3 is 0 Å². The van der Waals surface area contributed by atoms with Gasteiger partial charge in [-0.1, -0.05) is 48.5 Å². The van der Waals surface area contributed by atoms with Gasteiger partial charge < -0.3 is 10.6 Å². The Morgan fingerprint density at radius 3 is 2.54 bits per heavy atom. The minimum absolute atomic E-state index is 0. The molecule has 2 atom stereocenters. The molecule has 0 aliphatic heterocycles. The number of benzene rings is 2. The number of aliphatic imine (C=N–C) groups is 1. The van der Waals surface area contributed by atoms with Crippen LogP contribution in [0.15, 0.2) is 59.6 Å². The minimum atomic E-state index is -0.118. The molecule has 24 heavy (non-hydrogen) atoms. The van der Waals surface area contributed by atoms with Crippen molar-refractivity contribution in [3.63, 3.8) is 0 Å². The first kappa shape index (κ1) is 18.7. The normalized spacial score (nSPS) is 19.3. The third-order valence-corrected chi connectivity index (χ3v) is 4.02. The van der Waals surface area contributed by atoms with Crippen molar-refractivity contribution < 1.29 is 4.39 Å². The summed E-state index contributed by atoms with van der Waals surface area (Å²) < 4.78 is 13.8. The number of hydrogen-bond acceptors (Lipinski definition) is 1. The molecule has 2 unspecified atom stereocenters. The molecule has 1 aliphatic rings. The zero-order valence-corrected chi connectivity index (χ0v) is 16.0. The van der Waals surface area contributed by atoms with E-state index < -0.39 is 0 Å². The maximum absolute atomic E-state index is 13.8. The van der Waals surface area contributed by atoms with Gasteiger partial charge in [0.1, 0.15) is 5.82 Å². The zero-order valence-electron chi connectivity index (χ0n) is 13.7. The van der Waals surface area contributed by atoms with Crippen LogP contribution in [0, 0.1) is 5.82 Å². The van der Waals surface area contributed by atoms with Crippen LogP contribution in [0.5, 0.6) is 0 Å². The molecule has 2 N–H and O–H groups in total. The van der Waals surface area contributed by atoms with Gasteiger partial charge in [-0.25, -0.2) is 9.38 Å². The van der Waals surface area contributed by atoms with E-state index in [4.69, 9.17) is 0 Å². The molecule has 0 amide bonds. The van der Waals surface area contributed by atoms with Crippen molar-refractivity contribution in [3.8, 4) is 0 Å². The van der Waals surface area contributed by atoms with Crippen LogP contribution in [0.4, 0.5) is 4.39 Å². The van der Waals surface area contributed by atoms with Crippen molar-refractivity contribution in [1.82, 2.24) is 10.6 Å². The number of guanidine groups is 1. The molecule has 3 nitrogen and oxygen atoms in total. The van der Waals surface area contributed by atoms with E-state index in [1.54, 1.807) is 6.07 Å². The van der Waals surface area contributed by atoms with Crippen LogP contribution in [0.25, 0.3) is 0 Å². The molecule has 1 fully saturated rings. The van der Waals surface area contributed by atoms with Crippen molar-refractivity contribution in [1.29, 1.82) is 0 Å². The first-order chi connectivity index (χ1) is 11.3. The molecule has 3 rings (SSSR count). The molecule has 0 spiro atoms. The summed E-state index contributed by atoms with van der Waals surface area (Å²) in [6.07, 6.45) is 0.941. The molecule has 128 valence electrons. The fourth-order valence-corrected chi connectivity index (χ4v) is 2.72. The third-order valence-electron chi connectivity index (χ3n) is 4.02. The van der Waals surface area contributed by atoms with Crippen LogP contribution in [0.3, 0.4) is 0 Å². The number of nitrogens with one attached hydrogen (secondary N) is 2. The van der Waals surface area contributed by atoms with E-state index in [0.717, 1.165) is 24.5 Å². The van der Waals surface area contributed by atoms with E-state index in [1.807, 2.05) is 37.3 Å². The van der Waals surface area contributed by atoms with Crippen LogP contribution < -0.4 is 10.6 Å². The highest BCUT2D eigenvalue weighted by atomic mass is 127. The maximum atomic E-state index is 13.8. The smallest absolute Gasteiger partial charge is 0.191 e. The maximum Gasteiger partial charge on any atom is 0.191 e.